The van der Waals surface area contributed by atoms with Gasteiger partial charge in [-0.3, -0.25) is 19.7 Å². The molecule has 0 saturated carbocycles. The second-order valence-electron chi connectivity index (χ2n) is 6.20. The summed E-state index contributed by atoms with van der Waals surface area (Å²) in [4.78, 5) is 19.0. The first kappa shape index (κ1) is 18.2. The van der Waals surface area contributed by atoms with Crippen molar-refractivity contribution in [3.05, 3.63) is 82.7 Å². The number of aliphatic imine (C=N–C) groups is 1. The Balaban J connectivity index is 1.69. The number of benzene rings is 3. The number of methoxy groups -OCH3 is 1. The second kappa shape index (κ2) is 7.43. The molecule has 0 bridgehead atoms. The predicted molar refractivity (Wildman–Crippen MR) is 107 cm³/mol. The predicted octanol–water partition coefficient (Wildman–Crippen LogP) is 3.77. The van der Waals surface area contributed by atoms with Gasteiger partial charge in [-0.05, 0) is 35.9 Å². The maximum Gasteiger partial charge on any atom is 0.270 e. The van der Waals surface area contributed by atoms with Crippen molar-refractivity contribution in [2.24, 2.45) is 4.99 Å². The summed E-state index contributed by atoms with van der Waals surface area (Å²) in [7, 11) is 1.61. The minimum Gasteiger partial charge on any atom is -0.872 e. The van der Waals surface area contributed by atoms with Crippen LogP contribution in [0.1, 0.15) is 5.56 Å². The summed E-state index contributed by atoms with van der Waals surface area (Å²) in [5.41, 5.74) is 3.02. The van der Waals surface area contributed by atoms with Crippen molar-refractivity contribution >= 4 is 28.6 Å². The Morgan fingerprint density at radius 2 is 1.97 bits per heavy atom. The van der Waals surface area contributed by atoms with Crippen molar-refractivity contribution in [1.82, 2.24) is 9.55 Å². The number of imidazole rings is 1. The molecule has 144 valence electrons. The van der Waals surface area contributed by atoms with Gasteiger partial charge in [-0.2, -0.15) is 0 Å². The van der Waals surface area contributed by atoms with E-state index in [4.69, 9.17) is 4.74 Å². The molecule has 4 rings (SSSR count). The number of hydrogen-bond donors (Lipinski definition) is 0. The number of rotatable bonds is 5. The standard InChI is InChI=1S/C21H16N4O4/c1-29-21-5-3-2-4-19(21)24-13-23-17-11-15(6-8-18(17)24)22-12-14-10-16(25(27)28)7-9-20(14)26/h2-13,26H,1H3/p-1. The van der Waals surface area contributed by atoms with Crippen LogP contribution in [-0.2, 0) is 0 Å². The van der Waals surface area contributed by atoms with E-state index in [-0.39, 0.29) is 17.0 Å². The van der Waals surface area contributed by atoms with E-state index < -0.39 is 4.92 Å². The number of ether oxygens (including phenoxy) is 1. The number of nitro groups is 1. The van der Waals surface area contributed by atoms with Crippen molar-refractivity contribution in [3.8, 4) is 17.2 Å². The molecular formula is C21H15N4O4-. The molecule has 1 aromatic heterocycles. The van der Waals surface area contributed by atoms with Crippen LogP contribution in [0, 0.1) is 10.1 Å². The van der Waals surface area contributed by atoms with E-state index >= 15 is 0 Å². The fourth-order valence-corrected chi connectivity index (χ4v) is 3.00. The number of non-ortho nitro benzene ring substituents is 1. The Hall–Kier alpha value is -4.20. The highest BCUT2D eigenvalue weighted by molar-refractivity contribution is 5.88. The zero-order valence-corrected chi connectivity index (χ0v) is 15.4. The second-order valence-corrected chi connectivity index (χ2v) is 6.20. The van der Waals surface area contributed by atoms with Crippen LogP contribution in [-0.4, -0.2) is 27.8 Å². The molecule has 0 saturated heterocycles. The molecule has 8 heteroatoms. The molecule has 0 radical (unpaired) electrons. The number of hydrogen-bond acceptors (Lipinski definition) is 6. The molecule has 0 spiro atoms. The third-order valence-corrected chi connectivity index (χ3v) is 4.43. The highest BCUT2D eigenvalue weighted by Gasteiger charge is 2.10. The summed E-state index contributed by atoms with van der Waals surface area (Å²) < 4.78 is 7.33. The smallest absolute Gasteiger partial charge is 0.270 e. The number of fused-ring (bicyclic) bond motifs is 1. The molecule has 0 aliphatic rings. The van der Waals surface area contributed by atoms with Crippen LogP contribution >= 0.6 is 0 Å². The van der Waals surface area contributed by atoms with E-state index in [0.717, 1.165) is 23.0 Å². The number of aromatic nitrogens is 2. The van der Waals surface area contributed by atoms with Gasteiger partial charge < -0.3 is 9.84 Å². The Kier molecular flexibility index (Phi) is 4.66. The number of para-hydroxylation sites is 2. The maximum absolute atomic E-state index is 11.9. The molecule has 8 nitrogen and oxygen atoms in total. The van der Waals surface area contributed by atoms with Crippen LogP contribution < -0.4 is 9.84 Å². The minimum atomic E-state index is -0.548. The quantitative estimate of drug-likeness (QED) is 0.294. The van der Waals surface area contributed by atoms with Crippen molar-refractivity contribution in [2.45, 2.75) is 0 Å². The van der Waals surface area contributed by atoms with Crippen LogP contribution in [0.25, 0.3) is 16.7 Å². The molecule has 0 aliphatic carbocycles. The highest BCUT2D eigenvalue weighted by atomic mass is 16.6. The van der Waals surface area contributed by atoms with E-state index in [9.17, 15) is 15.2 Å². The fourth-order valence-electron chi connectivity index (χ4n) is 3.00. The van der Waals surface area contributed by atoms with E-state index in [2.05, 4.69) is 9.98 Å². The SMILES string of the molecule is COc1ccccc1-n1cnc2cc(N=Cc3cc([N+](=O)[O-])ccc3[O-])ccc21. The summed E-state index contributed by atoms with van der Waals surface area (Å²) in [5.74, 6) is 0.392. The van der Waals surface area contributed by atoms with Gasteiger partial charge in [0.1, 0.15) is 12.1 Å². The van der Waals surface area contributed by atoms with Crippen LogP contribution in [0.4, 0.5) is 11.4 Å². The Morgan fingerprint density at radius 1 is 1.14 bits per heavy atom. The molecule has 29 heavy (non-hydrogen) atoms. The summed E-state index contributed by atoms with van der Waals surface area (Å²) in [6, 6.07) is 16.6. The Bertz CT molecular complexity index is 1250. The highest BCUT2D eigenvalue weighted by Crippen LogP contribution is 2.28. The molecule has 0 fully saturated rings. The fraction of sp³-hybridized carbons (Fsp3) is 0.0476. The molecule has 1 heterocycles. The molecule has 0 N–H and O–H groups in total. The third-order valence-electron chi connectivity index (χ3n) is 4.43. The largest absolute Gasteiger partial charge is 0.872 e. The van der Waals surface area contributed by atoms with Gasteiger partial charge in [0.25, 0.3) is 5.69 Å². The number of nitrogens with zero attached hydrogens (tertiary/aromatic N) is 4. The van der Waals surface area contributed by atoms with Gasteiger partial charge >= 0.3 is 0 Å². The topological polar surface area (TPSA) is 106 Å². The van der Waals surface area contributed by atoms with E-state index in [0.29, 0.717) is 11.2 Å². The van der Waals surface area contributed by atoms with Gasteiger partial charge in [0.15, 0.2) is 0 Å². The lowest BCUT2D eigenvalue weighted by molar-refractivity contribution is -0.385. The van der Waals surface area contributed by atoms with Gasteiger partial charge in [0, 0.05) is 18.3 Å². The van der Waals surface area contributed by atoms with E-state index in [1.54, 1.807) is 25.6 Å². The van der Waals surface area contributed by atoms with E-state index in [1.807, 2.05) is 34.9 Å². The summed E-state index contributed by atoms with van der Waals surface area (Å²) >= 11 is 0. The zero-order chi connectivity index (χ0) is 20.4. The van der Waals surface area contributed by atoms with Crippen LogP contribution in [0.15, 0.2) is 72.0 Å². The van der Waals surface area contributed by atoms with Gasteiger partial charge in [-0.25, -0.2) is 4.98 Å². The van der Waals surface area contributed by atoms with Crippen LogP contribution in [0.2, 0.25) is 0 Å². The zero-order valence-electron chi connectivity index (χ0n) is 15.4. The van der Waals surface area contributed by atoms with Crippen LogP contribution in [0.3, 0.4) is 0 Å². The average Bonchev–Trinajstić information content (AvgIpc) is 3.16. The molecule has 0 amide bonds. The Morgan fingerprint density at radius 3 is 2.76 bits per heavy atom. The minimum absolute atomic E-state index is 0.152. The normalized spacial score (nSPS) is 11.2. The molecule has 0 unspecified atom stereocenters. The molecule has 3 aromatic carbocycles. The summed E-state index contributed by atoms with van der Waals surface area (Å²) in [5, 5.41) is 22.8. The lowest BCUT2D eigenvalue weighted by Crippen LogP contribution is -1.98. The molecule has 0 aliphatic heterocycles. The molecular weight excluding hydrogens is 372 g/mol. The lowest BCUT2D eigenvalue weighted by Gasteiger charge is -2.10. The van der Waals surface area contributed by atoms with Crippen molar-refractivity contribution < 1.29 is 14.8 Å². The first-order chi connectivity index (χ1) is 14.1. The van der Waals surface area contributed by atoms with E-state index in [1.165, 1.54) is 18.3 Å². The lowest BCUT2D eigenvalue weighted by atomic mass is 10.2. The maximum atomic E-state index is 11.9. The first-order valence-corrected chi connectivity index (χ1v) is 8.67. The van der Waals surface area contributed by atoms with Crippen molar-refractivity contribution in [2.75, 3.05) is 7.11 Å². The summed E-state index contributed by atoms with van der Waals surface area (Å²) in [6.07, 6.45) is 3.03. The van der Waals surface area contributed by atoms with Gasteiger partial charge in [0.05, 0.1) is 34.4 Å². The van der Waals surface area contributed by atoms with Gasteiger partial charge in [-0.15, -0.1) is 0 Å². The first-order valence-electron chi connectivity index (χ1n) is 8.67. The third kappa shape index (κ3) is 3.51. The number of nitro benzene ring substituents is 1. The Labute approximate surface area is 165 Å². The molecule has 0 atom stereocenters. The average molecular weight is 387 g/mol. The molecule has 4 aromatic rings. The summed E-state index contributed by atoms with van der Waals surface area (Å²) in [6.45, 7) is 0. The van der Waals surface area contributed by atoms with Crippen molar-refractivity contribution in [3.63, 3.8) is 0 Å². The van der Waals surface area contributed by atoms with Crippen LogP contribution in [0.5, 0.6) is 11.5 Å². The van der Waals surface area contributed by atoms with Gasteiger partial charge in [-0.1, -0.05) is 23.9 Å². The van der Waals surface area contributed by atoms with Crippen molar-refractivity contribution in [1.29, 1.82) is 0 Å². The van der Waals surface area contributed by atoms with Gasteiger partial charge in [0.2, 0.25) is 0 Å². The monoisotopic (exact) mass is 387 g/mol.